The van der Waals surface area contributed by atoms with Crippen LogP contribution in [0.5, 0.6) is 11.5 Å². The first-order valence-electron chi connectivity index (χ1n) is 13.4. The lowest BCUT2D eigenvalue weighted by atomic mass is 10.2. The molecule has 2 heterocycles. The van der Waals surface area contributed by atoms with E-state index in [1.807, 2.05) is 6.92 Å². The molecule has 1 saturated carbocycles. The number of nitro benzene ring substituents is 1. The van der Waals surface area contributed by atoms with Gasteiger partial charge in [-0.1, -0.05) is 36.7 Å². The van der Waals surface area contributed by atoms with Crippen LogP contribution in [0.25, 0.3) is 5.69 Å². The number of para-hydroxylation sites is 1. The monoisotopic (exact) mass is 657 g/mol. The van der Waals surface area contributed by atoms with Crippen molar-refractivity contribution in [3.8, 4) is 17.2 Å². The summed E-state index contributed by atoms with van der Waals surface area (Å²) >= 11 is 6.11. The number of alkyl halides is 3. The van der Waals surface area contributed by atoms with Gasteiger partial charge in [-0.25, -0.2) is 8.42 Å². The molecule has 2 aliphatic rings. The minimum Gasteiger partial charge on any atom is -0.486 e. The van der Waals surface area contributed by atoms with Gasteiger partial charge in [0, 0.05) is 36.6 Å². The molecule has 1 aromatic heterocycles. The number of nitro groups is 1. The minimum atomic E-state index is -5.21. The summed E-state index contributed by atoms with van der Waals surface area (Å²) in [6, 6.07) is 9.47. The van der Waals surface area contributed by atoms with Crippen molar-refractivity contribution in [2.75, 3.05) is 37.7 Å². The molecule has 5 rings (SSSR count). The lowest BCUT2D eigenvalue weighted by molar-refractivity contribution is -0.389. The summed E-state index contributed by atoms with van der Waals surface area (Å²) in [6.45, 7) is 2.46. The van der Waals surface area contributed by atoms with E-state index in [0.717, 1.165) is 35.3 Å². The van der Waals surface area contributed by atoms with Crippen LogP contribution in [0.4, 0.5) is 24.5 Å². The number of rotatable bonds is 10. The maximum absolute atomic E-state index is 13.6. The normalized spacial score (nSPS) is 16.9. The molecule has 2 aromatic carbocycles. The van der Waals surface area contributed by atoms with Crippen molar-refractivity contribution in [2.45, 2.75) is 31.9 Å². The highest BCUT2D eigenvalue weighted by Gasteiger charge is 2.40. The lowest BCUT2D eigenvalue weighted by Crippen LogP contribution is -2.49. The number of sulfonamides is 1. The number of anilines is 1. The largest absolute Gasteiger partial charge is 0.573 e. The van der Waals surface area contributed by atoms with E-state index in [0.29, 0.717) is 23.0 Å². The van der Waals surface area contributed by atoms with E-state index in [-0.39, 0.29) is 37.3 Å². The Morgan fingerprint density at radius 1 is 1.11 bits per heavy atom. The molecule has 1 saturated heterocycles. The van der Waals surface area contributed by atoms with Crippen molar-refractivity contribution in [3.63, 3.8) is 0 Å². The van der Waals surface area contributed by atoms with Crippen LogP contribution in [0.1, 0.15) is 25.3 Å². The molecular weight excluding hydrogens is 631 g/mol. The molecule has 3 aromatic rings. The van der Waals surface area contributed by atoms with Crippen molar-refractivity contribution in [3.05, 3.63) is 79.7 Å². The fourth-order valence-electron chi connectivity index (χ4n) is 4.78. The van der Waals surface area contributed by atoms with Crippen molar-refractivity contribution in [1.29, 1.82) is 0 Å². The Labute approximate surface area is 254 Å². The molecule has 0 atom stereocenters. The third kappa shape index (κ3) is 7.08. The zero-order chi connectivity index (χ0) is 31.9. The van der Waals surface area contributed by atoms with Crippen LogP contribution in [-0.4, -0.2) is 66.6 Å². The number of hydrogen-bond donors (Lipinski definition) is 0. The number of piperazine rings is 1. The van der Waals surface area contributed by atoms with Gasteiger partial charge in [0.05, 0.1) is 34.7 Å². The van der Waals surface area contributed by atoms with Crippen LogP contribution in [0.3, 0.4) is 0 Å². The summed E-state index contributed by atoms with van der Waals surface area (Å²) in [6.07, 6.45) is -1.83. The second-order valence-corrected chi connectivity index (χ2v) is 13.3. The molecule has 0 spiro atoms. The summed E-state index contributed by atoms with van der Waals surface area (Å²) in [7, 11) is -4.20. The van der Waals surface area contributed by atoms with E-state index in [1.165, 1.54) is 10.9 Å². The fraction of sp³-hybridized carbons (Fsp3) is 0.407. The Kier molecular flexibility index (Phi) is 8.52. The summed E-state index contributed by atoms with van der Waals surface area (Å²) in [4.78, 5) is 25.8. The predicted octanol–water partition coefficient (Wildman–Crippen LogP) is 4.52. The summed E-state index contributed by atoms with van der Waals surface area (Å²) in [5.74, 6) is -1.96. The highest BCUT2D eigenvalue weighted by Crippen LogP contribution is 2.45. The molecule has 236 valence electrons. The highest BCUT2D eigenvalue weighted by atomic mass is 35.5. The van der Waals surface area contributed by atoms with Crippen molar-refractivity contribution >= 4 is 33.0 Å². The molecular formula is C27H27ClF3N5O7S. The van der Waals surface area contributed by atoms with Gasteiger partial charge < -0.3 is 14.4 Å². The van der Waals surface area contributed by atoms with Gasteiger partial charge in [-0.05, 0) is 37.1 Å². The Morgan fingerprint density at radius 3 is 2.41 bits per heavy atom. The van der Waals surface area contributed by atoms with Gasteiger partial charge >= 0.3 is 17.6 Å². The topological polar surface area (TPSA) is 137 Å². The van der Waals surface area contributed by atoms with Gasteiger partial charge in [0.15, 0.2) is 0 Å². The fourth-order valence-corrected chi connectivity index (χ4v) is 6.49. The van der Waals surface area contributed by atoms with Gasteiger partial charge in [0.2, 0.25) is 21.5 Å². The summed E-state index contributed by atoms with van der Waals surface area (Å²) in [5, 5.41) is 16.3. The Morgan fingerprint density at radius 2 is 1.80 bits per heavy atom. The number of aromatic nitrogens is 2. The lowest BCUT2D eigenvalue weighted by Gasteiger charge is -2.35. The van der Waals surface area contributed by atoms with E-state index in [1.54, 1.807) is 29.2 Å². The molecule has 1 aliphatic heterocycles. The number of halogens is 4. The van der Waals surface area contributed by atoms with Crippen LogP contribution in [-0.2, 0) is 15.8 Å². The van der Waals surface area contributed by atoms with Crippen molar-refractivity contribution < 1.29 is 36.0 Å². The molecule has 44 heavy (non-hydrogen) atoms. The molecule has 0 bridgehead atoms. The van der Waals surface area contributed by atoms with Gasteiger partial charge in [-0.3, -0.25) is 14.9 Å². The first-order chi connectivity index (χ1) is 20.7. The van der Waals surface area contributed by atoms with Crippen molar-refractivity contribution in [1.82, 2.24) is 14.1 Å². The van der Waals surface area contributed by atoms with Gasteiger partial charge in [0.25, 0.3) is 0 Å². The van der Waals surface area contributed by atoms with Crippen LogP contribution >= 0.6 is 11.6 Å². The zero-order valence-corrected chi connectivity index (χ0v) is 24.9. The quantitative estimate of drug-likeness (QED) is 0.228. The number of hydrogen-bond acceptors (Lipinski definition) is 9. The Balaban J connectivity index is 1.36. The standard InChI is InChI=1S/C27H27ClF3N5O7S/c1-26(8-9-26)17-42-24-21(15-32-35(25(24)37)20-6-3-5-19(28)14-20)33-10-12-34(13-11-33)44(40,41)16-18-4-2-7-22(23(18)36(38)39)43-27(29,30)31/h2-7,14-15H,8-13,16-17H2,1H3. The van der Waals surface area contributed by atoms with Crippen LogP contribution in [0.15, 0.2) is 53.5 Å². The number of ether oxygens (including phenoxy) is 2. The predicted molar refractivity (Wildman–Crippen MR) is 154 cm³/mol. The molecule has 12 nitrogen and oxygen atoms in total. The molecule has 0 unspecified atom stereocenters. The third-order valence-corrected chi connectivity index (χ3v) is 9.50. The van der Waals surface area contributed by atoms with E-state index in [4.69, 9.17) is 16.3 Å². The van der Waals surface area contributed by atoms with E-state index < -0.39 is 49.6 Å². The molecule has 2 fully saturated rings. The first-order valence-corrected chi connectivity index (χ1v) is 15.4. The Hall–Kier alpha value is -3.89. The average molecular weight is 658 g/mol. The molecule has 17 heteroatoms. The van der Waals surface area contributed by atoms with Gasteiger partial charge in [-0.2, -0.15) is 14.1 Å². The number of nitrogens with zero attached hydrogens (tertiary/aromatic N) is 5. The van der Waals surface area contributed by atoms with Gasteiger partial charge in [0.1, 0.15) is 5.69 Å². The van der Waals surface area contributed by atoms with Crippen LogP contribution in [0.2, 0.25) is 5.02 Å². The smallest absolute Gasteiger partial charge is 0.486 e. The minimum absolute atomic E-state index is 0.0499. The third-order valence-electron chi connectivity index (χ3n) is 7.44. The summed E-state index contributed by atoms with van der Waals surface area (Å²) < 4.78 is 77.0. The van der Waals surface area contributed by atoms with E-state index in [2.05, 4.69) is 9.84 Å². The van der Waals surface area contributed by atoms with E-state index >= 15 is 0 Å². The summed E-state index contributed by atoms with van der Waals surface area (Å²) in [5.41, 5.74) is -1.28. The van der Waals surface area contributed by atoms with Crippen molar-refractivity contribution in [2.24, 2.45) is 5.41 Å². The average Bonchev–Trinajstić information content (AvgIpc) is 3.68. The highest BCUT2D eigenvalue weighted by molar-refractivity contribution is 7.88. The zero-order valence-electron chi connectivity index (χ0n) is 23.3. The van der Waals surface area contributed by atoms with E-state index in [9.17, 15) is 36.5 Å². The SMILES string of the molecule is CC1(COc2c(N3CCN(S(=O)(=O)Cc4cccc(OC(F)(F)F)c4[N+](=O)[O-])CC3)cnn(-c3cccc(Cl)c3)c2=O)CC1. The molecule has 0 N–H and O–H groups in total. The number of benzene rings is 2. The maximum atomic E-state index is 13.6. The van der Waals surface area contributed by atoms with Gasteiger partial charge in [-0.15, -0.1) is 13.2 Å². The molecule has 0 amide bonds. The first kappa shape index (κ1) is 31.5. The van der Waals surface area contributed by atoms with Crippen LogP contribution in [0, 0.1) is 15.5 Å². The van der Waals surface area contributed by atoms with Crippen LogP contribution < -0.4 is 19.9 Å². The second kappa shape index (κ2) is 11.9. The Bertz CT molecular complexity index is 1740. The maximum Gasteiger partial charge on any atom is 0.573 e. The molecule has 1 aliphatic carbocycles. The molecule has 0 radical (unpaired) electrons. The second-order valence-electron chi connectivity index (χ2n) is 10.9.